The van der Waals surface area contributed by atoms with Gasteiger partial charge in [-0.3, -0.25) is 4.79 Å². The number of amides is 2. The molecule has 5 aromatic rings. The van der Waals surface area contributed by atoms with E-state index in [1.54, 1.807) is 35.4 Å². The molecule has 13 heteroatoms. The molecular weight excluding hydrogens is 680 g/mol. The molecule has 2 amide bonds. The highest BCUT2D eigenvalue weighted by Crippen LogP contribution is 2.52. The Kier molecular flexibility index (Phi) is 8.50. The summed E-state index contributed by atoms with van der Waals surface area (Å²) in [7, 11) is 1.29. The number of aromatic amines is 2. The largest absolute Gasteiger partial charge is 0.453 e. The number of halogens is 2. The second-order valence-corrected chi connectivity index (χ2v) is 14.5. The van der Waals surface area contributed by atoms with E-state index in [2.05, 4.69) is 25.6 Å². The number of aromatic nitrogens is 4. The van der Waals surface area contributed by atoms with Crippen LogP contribution in [0.4, 0.5) is 13.6 Å². The van der Waals surface area contributed by atoms with Crippen LogP contribution in [0.1, 0.15) is 73.4 Å². The summed E-state index contributed by atoms with van der Waals surface area (Å²) < 4.78 is 42.9. The van der Waals surface area contributed by atoms with E-state index >= 15 is 8.78 Å². The Hall–Kier alpha value is -5.14. The number of alkyl carbamates (subject to hydrolysis) is 1. The standard InChI is InChI=1S/C40H41F2N7O4/c1-52-39(51)48-35(22-12-16-53-17-13-22)38(50)49-15-3-5-34(49)37-45-30-11-8-24(20-32(30)46-37)23-6-9-26-27-10-7-25(19-29(27)40(41,42)28(26)18-23)33-21-44-36(47-33)31-4-2-14-43-31/h6-11,18-22,31,34-35,43H,2-5,12-17H2,1H3,(H,44,47)(H,45,46)(H,48,51)/t31?,34-,35?/m0/s1. The number of ether oxygens (including phenoxy) is 2. The number of nitrogens with zero attached hydrogens (tertiary/aromatic N) is 3. The number of imidazole rings is 2. The molecule has 9 rings (SSSR count). The van der Waals surface area contributed by atoms with Gasteiger partial charge in [-0.15, -0.1) is 0 Å². The van der Waals surface area contributed by atoms with E-state index in [4.69, 9.17) is 14.5 Å². The second kappa shape index (κ2) is 13.4. The zero-order valence-electron chi connectivity index (χ0n) is 29.4. The monoisotopic (exact) mass is 721 g/mol. The topological polar surface area (TPSA) is 137 Å². The van der Waals surface area contributed by atoms with Crippen LogP contribution in [0, 0.1) is 5.92 Å². The molecule has 1 aliphatic carbocycles. The van der Waals surface area contributed by atoms with Crippen LogP contribution >= 0.6 is 0 Å². The number of methoxy groups -OCH3 is 1. The maximum Gasteiger partial charge on any atom is 0.407 e. The summed E-state index contributed by atoms with van der Waals surface area (Å²) >= 11 is 0. The lowest BCUT2D eigenvalue weighted by Gasteiger charge is -2.34. The quantitative estimate of drug-likeness (QED) is 0.142. The number of alkyl halides is 2. The maximum atomic E-state index is 16.2. The Morgan fingerprint density at radius 1 is 0.925 bits per heavy atom. The molecule has 4 aliphatic rings. The van der Waals surface area contributed by atoms with Crippen molar-refractivity contribution < 1.29 is 27.8 Å². The van der Waals surface area contributed by atoms with Crippen LogP contribution < -0.4 is 10.6 Å². The van der Waals surface area contributed by atoms with Crippen molar-refractivity contribution >= 4 is 23.0 Å². The summed E-state index contributed by atoms with van der Waals surface area (Å²) in [5.74, 6) is -1.91. The molecule has 3 atom stereocenters. The van der Waals surface area contributed by atoms with Gasteiger partial charge in [-0.2, -0.15) is 8.78 Å². The van der Waals surface area contributed by atoms with Crippen molar-refractivity contribution in [3.8, 4) is 33.5 Å². The van der Waals surface area contributed by atoms with Crippen molar-refractivity contribution in [2.75, 3.05) is 33.4 Å². The van der Waals surface area contributed by atoms with Gasteiger partial charge in [-0.05, 0) is 97.5 Å². The molecule has 11 nitrogen and oxygen atoms in total. The van der Waals surface area contributed by atoms with Gasteiger partial charge in [0.1, 0.15) is 17.7 Å². The number of hydrogen-bond acceptors (Lipinski definition) is 7. The van der Waals surface area contributed by atoms with Crippen molar-refractivity contribution in [1.29, 1.82) is 0 Å². The van der Waals surface area contributed by atoms with Crippen LogP contribution in [0.3, 0.4) is 0 Å². The lowest BCUT2D eigenvalue weighted by atomic mass is 9.90. The van der Waals surface area contributed by atoms with Crippen LogP contribution in [-0.2, 0) is 20.2 Å². The third-order valence-electron chi connectivity index (χ3n) is 11.4. The molecule has 3 fully saturated rings. The summed E-state index contributed by atoms with van der Waals surface area (Å²) in [6.07, 6.45) is 6.01. The van der Waals surface area contributed by atoms with Gasteiger partial charge in [0.25, 0.3) is 5.92 Å². The Balaban J connectivity index is 0.969. The summed E-state index contributed by atoms with van der Waals surface area (Å²) in [6, 6.07) is 15.3. The molecule has 0 saturated carbocycles. The first-order chi connectivity index (χ1) is 25.8. The summed E-state index contributed by atoms with van der Waals surface area (Å²) in [5.41, 5.74) is 5.33. The minimum absolute atomic E-state index is 0.0116. The molecular formula is C40H41F2N7O4. The molecule has 2 unspecified atom stereocenters. The minimum Gasteiger partial charge on any atom is -0.453 e. The third-order valence-corrected chi connectivity index (χ3v) is 11.4. The molecule has 0 spiro atoms. The predicted octanol–water partition coefficient (Wildman–Crippen LogP) is 6.98. The number of H-pyrrole nitrogens is 2. The highest BCUT2D eigenvalue weighted by Gasteiger charge is 2.45. The summed E-state index contributed by atoms with van der Waals surface area (Å²) in [6.45, 7) is 2.56. The smallest absolute Gasteiger partial charge is 0.407 e. The van der Waals surface area contributed by atoms with E-state index in [-0.39, 0.29) is 35.0 Å². The van der Waals surface area contributed by atoms with Gasteiger partial charge in [-0.25, -0.2) is 14.8 Å². The Labute approximate surface area is 304 Å². The average molecular weight is 722 g/mol. The number of carbonyl (C=O) groups excluding carboxylic acids is 2. The van der Waals surface area contributed by atoms with Gasteiger partial charge in [-0.1, -0.05) is 30.3 Å². The number of benzene rings is 3. The Morgan fingerprint density at radius 3 is 2.42 bits per heavy atom. The van der Waals surface area contributed by atoms with Crippen LogP contribution in [0.25, 0.3) is 44.5 Å². The number of likely N-dealkylation sites (tertiary alicyclic amines) is 1. The fraction of sp³-hybridized carbons (Fsp3) is 0.400. The van der Waals surface area contributed by atoms with Crippen LogP contribution in [-0.4, -0.2) is 76.3 Å². The highest BCUT2D eigenvalue weighted by molar-refractivity contribution is 5.88. The molecule has 274 valence electrons. The highest BCUT2D eigenvalue weighted by atomic mass is 19.3. The van der Waals surface area contributed by atoms with Gasteiger partial charge in [0.2, 0.25) is 5.91 Å². The minimum atomic E-state index is -3.18. The lowest BCUT2D eigenvalue weighted by Crippen LogP contribution is -2.53. The molecule has 3 saturated heterocycles. The third kappa shape index (κ3) is 5.95. The van der Waals surface area contributed by atoms with Crippen molar-refractivity contribution in [2.45, 2.75) is 62.6 Å². The van der Waals surface area contributed by atoms with Crippen LogP contribution in [0.2, 0.25) is 0 Å². The SMILES string of the molecule is COC(=O)NC(C(=O)N1CCC[C@H]1c1nc2ccc(-c3ccc4c(c3)C(F)(F)c3cc(-c5cnc(C6CCCN6)[nH]5)ccc3-4)cc2[nH]1)C1CCOCC1. The van der Waals surface area contributed by atoms with E-state index in [0.717, 1.165) is 54.8 Å². The number of carbonyl (C=O) groups is 2. The van der Waals surface area contributed by atoms with Crippen molar-refractivity contribution in [3.05, 3.63) is 83.6 Å². The Morgan fingerprint density at radius 2 is 1.66 bits per heavy atom. The fourth-order valence-electron chi connectivity index (χ4n) is 8.62. The molecule has 2 aromatic heterocycles. The van der Waals surface area contributed by atoms with E-state index in [9.17, 15) is 9.59 Å². The van der Waals surface area contributed by atoms with E-state index in [0.29, 0.717) is 66.2 Å². The zero-order chi connectivity index (χ0) is 36.3. The second-order valence-electron chi connectivity index (χ2n) is 14.5. The summed E-state index contributed by atoms with van der Waals surface area (Å²) in [5, 5.41) is 6.21. The van der Waals surface area contributed by atoms with Crippen molar-refractivity contribution in [1.82, 2.24) is 35.5 Å². The first-order valence-electron chi connectivity index (χ1n) is 18.5. The molecule has 3 aromatic carbocycles. The van der Waals surface area contributed by atoms with Crippen LogP contribution in [0.15, 0.2) is 60.8 Å². The van der Waals surface area contributed by atoms with Crippen molar-refractivity contribution in [2.24, 2.45) is 5.92 Å². The fourth-order valence-corrected chi connectivity index (χ4v) is 8.62. The van der Waals surface area contributed by atoms with Gasteiger partial charge in [0, 0.05) is 36.4 Å². The molecule has 53 heavy (non-hydrogen) atoms. The van der Waals surface area contributed by atoms with Crippen LogP contribution in [0.5, 0.6) is 0 Å². The molecule has 0 radical (unpaired) electrons. The molecule has 5 heterocycles. The van der Waals surface area contributed by atoms with Crippen molar-refractivity contribution in [3.63, 3.8) is 0 Å². The maximum absolute atomic E-state index is 16.2. The van der Waals surface area contributed by atoms with E-state index in [1.165, 1.54) is 7.11 Å². The van der Waals surface area contributed by atoms with Gasteiger partial charge in [0.05, 0.1) is 42.1 Å². The first-order valence-corrected chi connectivity index (χ1v) is 18.5. The number of nitrogens with one attached hydrogen (secondary N) is 4. The van der Waals surface area contributed by atoms with Gasteiger partial charge >= 0.3 is 6.09 Å². The van der Waals surface area contributed by atoms with Gasteiger partial charge in [0.15, 0.2) is 0 Å². The summed E-state index contributed by atoms with van der Waals surface area (Å²) in [4.78, 5) is 44.2. The number of rotatable bonds is 7. The lowest BCUT2D eigenvalue weighted by molar-refractivity contribution is -0.136. The van der Waals surface area contributed by atoms with E-state index < -0.39 is 18.1 Å². The van der Waals surface area contributed by atoms with E-state index in [1.807, 2.05) is 30.3 Å². The average Bonchev–Trinajstić information content (AvgIpc) is 4.04. The number of fused-ring (bicyclic) bond motifs is 4. The number of hydrogen-bond donors (Lipinski definition) is 4. The zero-order valence-corrected chi connectivity index (χ0v) is 29.4. The molecule has 0 bridgehead atoms. The first kappa shape index (κ1) is 33.7. The Bertz CT molecular complexity index is 2200. The molecule has 4 N–H and O–H groups in total. The normalized spacial score (nSPS) is 21.5. The molecule has 3 aliphatic heterocycles. The predicted molar refractivity (Wildman–Crippen MR) is 194 cm³/mol. The van der Waals surface area contributed by atoms with Gasteiger partial charge < -0.3 is 35.0 Å².